The molecule has 0 radical (unpaired) electrons. The zero-order chi connectivity index (χ0) is 8.97. The minimum absolute atomic E-state index is 0.324. The van der Waals surface area contributed by atoms with Gasteiger partial charge >= 0.3 is 0 Å². The van der Waals surface area contributed by atoms with E-state index in [-0.39, 0.29) is 0 Å². The van der Waals surface area contributed by atoms with Gasteiger partial charge in [-0.3, -0.25) is 4.90 Å². The van der Waals surface area contributed by atoms with Gasteiger partial charge in [-0.2, -0.15) is 0 Å². The summed E-state index contributed by atoms with van der Waals surface area (Å²) in [6, 6.07) is 0.519. The highest BCUT2D eigenvalue weighted by molar-refractivity contribution is 4.82. The van der Waals surface area contributed by atoms with Crippen LogP contribution in [0.15, 0.2) is 0 Å². The first-order valence-corrected chi connectivity index (χ1v) is 4.63. The average Bonchev–Trinajstić information content (AvgIpc) is 2.43. The van der Waals surface area contributed by atoms with Crippen LogP contribution < -0.4 is 0 Å². The zero-order valence-corrected chi connectivity index (χ0v) is 7.99. The Labute approximate surface area is 74.3 Å². The van der Waals surface area contributed by atoms with Gasteiger partial charge in [0, 0.05) is 26.3 Å². The molecular formula is C9H19NO2. The summed E-state index contributed by atoms with van der Waals surface area (Å²) in [5.41, 5.74) is 0. The second kappa shape index (κ2) is 4.80. The maximum absolute atomic E-state index is 9.02. The Morgan fingerprint density at radius 1 is 1.58 bits per heavy atom. The highest BCUT2D eigenvalue weighted by Crippen LogP contribution is 2.22. The summed E-state index contributed by atoms with van der Waals surface area (Å²) >= 11 is 0. The van der Waals surface area contributed by atoms with Crippen LogP contribution in [0.4, 0.5) is 0 Å². The molecular weight excluding hydrogens is 154 g/mol. The van der Waals surface area contributed by atoms with Gasteiger partial charge in [0.05, 0.1) is 6.61 Å². The fourth-order valence-corrected chi connectivity index (χ4v) is 1.84. The van der Waals surface area contributed by atoms with Crippen molar-refractivity contribution in [2.45, 2.75) is 19.4 Å². The highest BCUT2D eigenvalue weighted by Gasteiger charge is 2.29. The van der Waals surface area contributed by atoms with Crippen molar-refractivity contribution in [3.63, 3.8) is 0 Å². The molecule has 2 unspecified atom stereocenters. The number of nitrogens with zero attached hydrogens (tertiary/aromatic N) is 1. The third kappa shape index (κ3) is 2.19. The normalized spacial score (nSPS) is 31.2. The molecule has 1 aliphatic rings. The highest BCUT2D eigenvalue weighted by atomic mass is 16.5. The molecule has 0 aromatic heterocycles. The van der Waals surface area contributed by atoms with Crippen LogP contribution in [0.3, 0.4) is 0 Å². The van der Waals surface area contributed by atoms with E-state index < -0.39 is 0 Å². The van der Waals surface area contributed by atoms with Crippen molar-refractivity contribution in [1.82, 2.24) is 4.90 Å². The van der Waals surface area contributed by atoms with Crippen molar-refractivity contribution in [1.29, 1.82) is 0 Å². The van der Waals surface area contributed by atoms with Gasteiger partial charge in [0.1, 0.15) is 0 Å². The Morgan fingerprint density at radius 3 is 2.83 bits per heavy atom. The molecule has 3 nitrogen and oxygen atoms in total. The molecule has 1 rings (SSSR count). The lowest BCUT2D eigenvalue weighted by atomic mass is 10.0. The molecule has 1 aliphatic heterocycles. The van der Waals surface area contributed by atoms with Crippen LogP contribution in [0.1, 0.15) is 13.3 Å². The molecule has 0 amide bonds. The van der Waals surface area contributed by atoms with Crippen molar-refractivity contribution in [2.24, 2.45) is 5.92 Å². The fraction of sp³-hybridized carbons (Fsp3) is 1.00. The van der Waals surface area contributed by atoms with Crippen molar-refractivity contribution in [2.75, 3.05) is 33.4 Å². The summed E-state index contributed by atoms with van der Waals surface area (Å²) in [7, 11) is 1.73. The number of rotatable bonds is 4. The third-order valence-corrected chi connectivity index (χ3v) is 2.86. The van der Waals surface area contributed by atoms with Crippen LogP contribution in [0.2, 0.25) is 0 Å². The van der Waals surface area contributed by atoms with Gasteiger partial charge < -0.3 is 9.84 Å². The largest absolute Gasteiger partial charge is 0.396 e. The lowest BCUT2D eigenvalue weighted by molar-refractivity contribution is 0.127. The first-order valence-electron chi connectivity index (χ1n) is 4.63. The first kappa shape index (κ1) is 9.96. The van der Waals surface area contributed by atoms with Gasteiger partial charge in [0.15, 0.2) is 0 Å². The summed E-state index contributed by atoms with van der Waals surface area (Å²) in [4.78, 5) is 2.38. The molecule has 0 saturated carbocycles. The van der Waals surface area contributed by atoms with E-state index in [4.69, 9.17) is 9.84 Å². The molecule has 1 saturated heterocycles. The minimum atomic E-state index is 0.324. The first-order chi connectivity index (χ1) is 5.79. The van der Waals surface area contributed by atoms with E-state index in [1.165, 1.54) is 0 Å². The topological polar surface area (TPSA) is 32.7 Å². The van der Waals surface area contributed by atoms with E-state index in [9.17, 15) is 0 Å². The van der Waals surface area contributed by atoms with Crippen LogP contribution in [0.25, 0.3) is 0 Å². The number of methoxy groups -OCH3 is 1. The average molecular weight is 173 g/mol. The Kier molecular flexibility index (Phi) is 3.98. The van der Waals surface area contributed by atoms with Crippen molar-refractivity contribution < 1.29 is 9.84 Å². The molecule has 72 valence electrons. The van der Waals surface area contributed by atoms with Crippen LogP contribution in [0.5, 0.6) is 0 Å². The molecule has 0 aliphatic carbocycles. The maximum atomic E-state index is 9.02. The molecule has 1 N–H and O–H groups in total. The maximum Gasteiger partial charge on any atom is 0.0589 e. The number of ether oxygens (including phenoxy) is 1. The van der Waals surface area contributed by atoms with Gasteiger partial charge in [-0.05, 0) is 25.8 Å². The molecule has 0 aromatic carbocycles. The number of likely N-dealkylation sites (tertiary alicyclic amines) is 1. The Hall–Kier alpha value is -0.120. The van der Waals surface area contributed by atoms with Crippen molar-refractivity contribution >= 4 is 0 Å². The van der Waals surface area contributed by atoms with E-state index in [2.05, 4.69) is 11.8 Å². The van der Waals surface area contributed by atoms with E-state index in [1.54, 1.807) is 7.11 Å². The number of aliphatic hydroxyl groups excluding tert-OH is 1. The molecule has 12 heavy (non-hydrogen) atoms. The van der Waals surface area contributed by atoms with Crippen LogP contribution >= 0.6 is 0 Å². The van der Waals surface area contributed by atoms with Gasteiger partial charge in [-0.15, -0.1) is 0 Å². The molecule has 1 fully saturated rings. The van der Waals surface area contributed by atoms with Gasteiger partial charge in [0.25, 0.3) is 0 Å². The van der Waals surface area contributed by atoms with Crippen LogP contribution in [0, 0.1) is 5.92 Å². The Morgan fingerprint density at radius 2 is 2.33 bits per heavy atom. The molecule has 0 spiro atoms. The molecule has 3 heteroatoms. The molecule has 1 heterocycles. The van der Waals surface area contributed by atoms with E-state index >= 15 is 0 Å². The molecule has 0 bridgehead atoms. The van der Waals surface area contributed by atoms with Crippen LogP contribution in [-0.2, 0) is 4.74 Å². The summed E-state index contributed by atoms with van der Waals surface area (Å²) in [6.07, 6.45) is 1.13. The molecule has 2 atom stereocenters. The van der Waals surface area contributed by atoms with Crippen molar-refractivity contribution in [3.8, 4) is 0 Å². The monoisotopic (exact) mass is 173 g/mol. The third-order valence-electron chi connectivity index (χ3n) is 2.86. The predicted octanol–water partition coefficient (Wildman–Crippen LogP) is 0.336. The van der Waals surface area contributed by atoms with Crippen molar-refractivity contribution in [3.05, 3.63) is 0 Å². The molecule has 0 aromatic rings. The quantitative estimate of drug-likeness (QED) is 0.665. The Balaban J connectivity index is 2.28. The Bertz CT molecular complexity index is 130. The van der Waals surface area contributed by atoms with E-state index in [0.29, 0.717) is 18.6 Å². The smallest absolute Gasteiger partial charge is 0.0589 e. The van der Waals surface area contributed by atoms with Crippen LogP contribution in [-0.4, -0.2) is 49.5 Å². The van der Waals surface area contributed by atoms with Gasteiger partial charge in [-0.25, -0.2) is 0 Å². The predicted molar refractivity (Wildman–Crippen MR) is 48.1 cm³/mol. The second-order valence-corrected chi connectivity index (χ2v) is 3.50. The summed E-state index contributed by atoms with van der Waals surface area (Å²) in [5, 5.41) is 9.02. The number of hydrogen-bond donors (Lipinski definition) is 1. The SMILES string of the molecule is COCCN1CCC(CO)C1C. The van der Waals surface area contributed by atoms with Gasteiger partial charge in [-0.1, -0.05) is 0 Å². The van der Waals surface area contributed by atoms with E-state index in [1.807, 2.05) is 0 Å². The summed E-state index contributed by atoms with van der Waals surface area (Å²) < 4.78 is 5.02. The van der Waals surface area contributed by atoms with E-state index in [0.717, 1.165) is 26.1 Å². The number of aliphatic hydroxyl groups is 1. The zero-order valence-electron chi connectivity index (χ0n) is 7.99. The minimum Gasteiger partial charge on any atom is -0.396 e. The second-order valence-electron chi connectivity index (χ2n) is 3.50. The lowest BCUT2D eigenvalue weighted by Gasteiger charge is -2.23. The fourth-order valence-electron chi connectivity index (χ4n) is 1.84. The summed E-state index contributed by atoms with van der Waals surface area (Å²) in [6.45, 7) is 5.40. The summed E-state index contributed by atoms with van der Waals surface area (Å²) in [5.74, 6) is 0.474. The number of hydrogen-bond acceptors (Lipinski definition) is 3. The lowest BCUT2D eigenvalue weighted by Crippen LogP contribution is -2.33. The standard InChI is InChI=1S/C9H19NO2/c1-8-9(7-11)3-4-10(8)5-6-12-2/h8-9,11H,3-7H2,1-2H3. The van der Waals surface area contributed by atoms with Gasteiger partial charge in [0.2, 0.25) is 0 Å².